The van der Waals surface area contributed by atoms with E-state index >= 15 is 0 Å². The van der Waals surface area contributed by atoms with Crippen molar-refractivity contribution in [3.63, 3.8) is 0 Å². The molecule has 2 aromatic rings. The third-order valence-electron chi connectivity index (χ3n) is 1.76. The number of rotatable bonds is 2. The van der Waals surface area contributed by atoms with Crippen molar-refractivity contribution in [2.24, 2.45) is 0 Å². The summed E-state index contributed by atoms with van der Waals surface area (Å²) in [5, 5.41) is 14.7. The van der Waals surface area contributed by atoms with Crippen LogP contribution in [0.25, 0.3) is 0 Å². The molecule has 2 aromatic heterocycles. The molecule has 1 N–H and O–H groups in total. The second-order valence-corrected chi connectivity index (χ2v) is 5.55. The first-order chi connectivity index (χ1) is 6.68. The maximum absolute atomic E-state index is 10.0. The third-order valence-corrected chi connectivity index (χ3v) is 4.70. The highest BCUT2D eigenvalue weighted by molar-refractivity contribution is 9.10. The van der Waals surface area contributed by atoms with Gasteiger partial charge in [0.1, 0.15) is 11.1 Å². The van der Waals surface area contributed by atoms with E-state index in [0.29, 0.717) is 0 Å². The van der Waals surface area contributed by atoms with Crippen LogP contribution in [0.1, 0.15) is 21.7 Å². The van der Waals surface area contributed by atoms with Gasteiger partial charge >= 0.3 is 0 Å². The summed E-state index contributed by atoms with van der Waals surface area (Å²) >= 11 is 6.42. The molecule has 74 valence electrons. The van der Waals surface area contributed by atoms with E-state index in [1.165, 1.54) is 22.7 Å². The summed E-state index contributed by atoms with van der Waals surface area (Å²) in [4.78, 5) is 5.18. The van der Waals surface area contributed by atoms with Crippen molar-refractivity contribution in [1.82, 2.24) is 4.98 Å². The van der Waals surface area contributed by atoms with Gasteiger partial charge in [-0.2, -0.15) is 0 Å². The van der Waals surface area contributed by atoms with Crippen LogP contribution in [-0.2, 0) is 0 Å². The molecular formula is C9H8BrNOS2. The number of thiazole rings is 1. The maximum Gasteiger partial charge on any atom is 0.141 e. The lowest BCUT2D eigenvalue weighted by Gasteiger charge is -2.04. The Morgan fingerprint density at radius 3 is 2.79 bits per heavy atom. The van der Waals surface area contributed by atoms with Crippen LogP contribution in [0.4, 0.5) is 0 Å². The SMILES string of the molecule is Cc1csc(C(O)c2sccc2Br)n1. The van der Waals surface area contributed by atoms with E-state index in [0.717, 1.165) is 20.1 Å². The van der Waals surface area contributed by atoms with E-state index in [9.17, 15) is 5.11 Å². The number of nitrogens with zero attached hydrogens (tertiary/aromatic N) is 1. The Bertz CT molecular complexity index is 437. The van der Waals surface area contributed by atoms with Crippen LogP contribution >= 0.6 is 38.6 Å². The van der Waals surface area contributed by atoms with Crippen molar-refractivity contribution in [2.75, 3.05) is 0 Å². The summed E-state index contributed by atoms with van der Waals surface area (Å²) < 4.78 is 0.947. The molecule has 0 aromatic carbocycles. The largest absolute Gasteiger partial charge is 0.380 e. The molecule has 14 heavy (non-hydrogen) atoms. The topological polar surface area (TPSA) is 33.1 Å². The van der Waals surface area contributed by atoms with Crippen LogP contribution in [0.3, 0.4) is 0 Å². The summed E-state index contributed by atoms with van der Waals surface area (Å²) in [6.45, 7) is 1.93. The lowest BCUT2D eigenvalue weighted by Crippen LogP contribution is -1.96. The van der Waals surface area contributed by atoms with E-state index in [1.807, 2.05) is 23.8 Å². The predicted molar refractivity (Wildman–Crippen MR) is 62.9 cm³/mol. The minimum atomic E-state index is -0.594. The molecule has 2 nitrogen and oxygen atoms in total. The molecular weight excluding hydrogens is 282 g/mol. The number of hydrogen-bond donors (Lipinski definition) is 1. The van der Waals surface area contributed by atoms with Gasteiger partial charge in [0.25, 0.3) is 0 Å². The lowest BCUT2D eigenvalue weighted by molar-refractivity contribution is 0.223. The van der Waals surface area contributed by atoms with Crippen LogP contribution in [0, 0.1) is 6.92 Å². The number of halogens is 1. The molecule has 0 radical (unpaired) electrons. The summed E-state index contributed by atoms with van der Waals surface area (Å²) in [6.07, 6.45) is -0.594. The molecule has 0 spiro atoms. The zero-order chi connectivity index (χ0) is 10.1. The summed E-state index contributed by atoms with van der Waals surface area (Å²) in [5.41, 5.74) is 0.955. The van der Waals surface area contributed by atoms with Crippen molar-refractivity contribution < 1.29 is 5.11 Å². The number of hydrogen-bond acceptors (Lipinski definition) is 4. The molecule has 1 unspecified atom stereocenters. The maximum atomic E-state index is 10.0. The van der Waals surface area contributed by atoms with Crippen LogP contribution in [0.5, 0.6) is 0 Å². The molecule has 0 aliphatic carbocycles. The number of thiophene rings is 1. The highest BCUT2D eigenvalue weighted by Crippen LogP contribution is 2.33. The van der Waals surface area contributed by atoms with Gasteiger partial charge in [-0.1, -0.05) is 0 Å². The van der Waals surface area contributed by atoms with Gasteiger partial charge in [-0.3, -0.25) is 0 Å². The molecule has 1 atom stereocenters. The van der Waals surface area contributed by atoms with Crippen molar-refractivity contribution in [2.45, 2.75) is 13.0 Å². The molecule has 5 heteroatoms. The zero-order valence-electron chi connectivity index (χ0n) is 7.40. The number of aliphatic hydroxyl groups is 1. The van der Waals surface area contributed by atoms with Gasteiger partial charge in [-0.25, -0.2) is 4.98 Å². The van der Waals surface area contributed by atoms with Gasteiger partial charge in [-0.05, 0) is 34.3 Å². The van der Waals surface area contributed by atoms with Crippen LogP contribution in [0.15, 0.2) is 21.3 Å². The Balaban J connectivity index is 2.33. The second kappa shape index (κ2) is 4.10. The van der Waals surface area contributed by atoms with E-state index in [1.54, 1.807) is 0 Å². The first-order valence-electron chi connectivity index (χ1n) is 4.01. The van der Waals surface area contributed by atoms with E-state index in [2.05, 4.69) is 20.9 Å². The van der Waals surface area contributed by atoms with Gasteiger partial charge in [0.05, 0.1) is 4.88 Å². The van der Waals surface area contributed by atoms with Gasteiger partial charge < -0.3 is 5.11 Å². The summed E-state index contributed by atoms with van der Waals surface area (Å²) in [7, 11) is 0. The Hall–Kier alpha value is -0.230. The molecule has 0 amide bonds. The van der Waals surface area contributed by atoms with Crippen molar-refractivity contribution in [3.8, 4) is 0 Å². The third kappa shape index (κ3) is 1.91. The van der Waals surface area contributed by atoms with Crippen LogP contribution < -0.4 is 0 Å². The summed E-state index contributed by atoms with van der Waals surface area (Å²) in [6, 6.07) is 1.93. The molecule has 2 heterocycles. The van der Waals surface area contributed by atoms with E-state index in [4.69, 9.17) is 0 Å². The second-order valence-electron chi connectivity index (χ2n) is 2.86. The normalized spacial score (nSPS) is 13.1. The highest BCUT2D eigenvalue weighted by atomic mass is 79.9. The molecule has 0 saturated heterocycles. The Morgan fingerprint density at radius 1 is 1.50 bits per heavy atom. The van der Waals surface area contributed by atoms with Gasteiger partial charge in [-0.15, -0.1) is 22.7 Å². The first-order valence-corrected chi connectivity index (χ1v) is 6.56. The number of aliphatic hydroxyl groups excluding tert-OH is 1. The van der Waals surface area contributed by atoms with Crippen molar-refractivity contribution in [3.05, 3.63) is 36.9 Å². The van der Waals surface area contributed by atoms with Crippen LogP contribution in [0.2, 0.25) is 0 Å². The van der Waals surface area contributed by atoms with E-state index in [-0.39, 0.29) is 0 Å². The fraction of sp³-hybridized carbons (Fsp3) is 0.222. The predicted octanol–water partition coefficient (Wildman–Crippen LogP) is 3.36. The molecule has 2 rings (SSSR count). The lowest BCUT2D eigenvalue weighted by atomic mass is 10.3. The van der Waals surface area contributed by atoms with Gasteiger partial charge in [0.2, 0.25) is 0 Å². The highest BCUT2D eigenvalue weighted by Gasteiger charge is 2.17. The monoisotopic (exact) mass is 289 g/mol. The van der Waals surface area contributed by atoms with Crippen molar-refractivity contribution in [1.29, 1.82) is 0 Å². The average Bonchev–Trinajstić information content (AvgIpc) is 2.73. The van der Waals surface area contributed by atoms with Crippen LogP contribution in [-0.4, -0.2) is 10.1 Å². The van der Waals surface area contributed by atoms with Gasteiger partial charge in [0, 0.05) is 15.5 Å². The Morgan fingerprint density at radius 2 is 2.29 bits per heavy atom. The number of aromatic nitrogens is 1. The van der Waals surface area contributed by atoms with Crippen molar-refractivity contribution >= 4 is 38.6 Å². The summed E-state index contributed by atoms with van der Waals surface area (Å²) in [5.74, 6) is 0. The standard InChI is InChI=1S/C9H8BrNOS2/c1-5-4-14-9(11-5)7(12)8-6(10)2-3-13-8/h2-4,7,12H,1H3. The average molecular weight is 290 g/mol. The van der Waals surface area contributed by atoms with E-state index < -0.39 is 6.10 Å². The fourth-order valence-electron chi connectivity index (χ4n) is 1.11. The molecule has 0 saturated carbocycles. The Kier molecular flexibility index (Phi) is 3.02. The minimum Gasteiger partial charge on any atom is -0.380 e. The first kappa shape index (κ1) is 10.3. The molecule has 0 aliphatic rings. The zero-order valence-corrected chi connectivity index (χ0v) is 10.6. The quantitative estimate of drug-likeness (QED) is 0.920. The Labute approximate surface area is 98.4 Å². The molecule has 0 fully saturated rings. The molecule has 0 aliphatic heterocycles. The fourth-order valence-corrected chi connectivity index (χ4v) is 3.55. The molecule has 0 bridgehead atoms. The van der Waals surface area contributed by atoms with Gasteiger partial charge in [0.15, 0.2) is 0 Å². The minimum absolute atomic E-state index is 0.594. The number of aryl methyl sites for hydroxylation is 1. The smallest absolute Gasteiger partial charge is 0.141 e.